The van der Waals surface area contributed by atoms with Gasteiger partial charge in [0.2, 0.25) is 0 Å². The molecule has 0 amide bonds. The summed E-state index contributed by atoms with van der Waals surface area (Å²) in [6, 6.07) is 11.8. The van der Waals surface area contributed by atoms with Gasteiger partial charge in [0.1, 0.15) is 11.9 Å². The highest BCUT2D eigenvalue weighted by Gasteiger charge is 2.20. The quantitative estimate of drug-likeness (QED) is 0.498. The highest BCUT2D eigenvalue weighted by Crippen LogP contribution is 2.37. The van der Waals surface area contributed by atoms with Crippen molar-refractivity contribution in [2.75, 3.05) is 5.73 Å². The fourth-order valence-electron chi connectivity index (χ4n) is 2.85. The molecule has 2 aromatic carbocycles. The molecule has 7 heteroatoms. The topological polar surface area (TPSA) is 68.4 Å². The molecule has 0 fully saturated rings. The molecule has 3 rings (SSSR count). The Balaban J connectivity index is 1.95. The molecule has 3 aromatic rings. The van der Waals surface area contributed by atoms with Gasteiger partial charge in [-0.3, -0.25) is 0 Å². The first-order valence-electron chi connectivity index (χ1n) is 8.62. The molecule has 1 aromatic heterocycles. The Bertz CT molecular complexity index is 1010. The second-order valence-electron chi connectivity index (χ2n) is 6.43. The summed E-state index contributed by atoms with van der Waals surface area (Å²) in [7, 11) is 0. The first-order chi connectivity index (χ1) is 13.3. The molecule has 0 saturated heterocycles. The average Bonchev–Trinajstić information content (AvgIpc) is 2.67. The van der Waals surface area contributed by atoms with Gasteiger partial charge >= 0.3 is 0 Å². The molecular formula is C21H19Cl2FN2O2. The number of ether oxygens (including phenoxy) is 1. The molecule has 2 atom stereocenters. The fourth-order valence-corrected chi connectivity index (χ4v) is 3.53. The van der Waals surface area contributed by atoms with E-state index in [9.17, 15) is 9.50 Å². The highest BCUT2D eigenvalue weighted by molar-refractivity contribution is 6.36. The maximum Gasteiger partial charge on any atom is 0.166 e. The van der Waals surface area contributed by atoms with Gasteiger partial charge in [-0.2, -0.15) is 0 Å². The van der Waals surface area contributed by atoms with Crippen LogP contribution < -0.4 is 10.5 Å². The second-order valence-corrected chi connectivity index (χ2v) is 7.21. The number of aliphatic hydroxyl groups excluding tert-OH is 1. The molecule has 2 unspecified atom stereocenters. The molecule has 146 valence electrons. The van der Waals surface area contributed by atoms with Gasteiger partial charge in [0.15, 0.2) is 11.6 Å². The van der Waals surface area contributed by atoms with Crippen molar-refractivity contribution in [2.45, 2.75) is 26.1 Å². The lowest BCUT2D eigenvalue weighted by Crippen LogP contribution is -2.08. The minimum Gasteiger partial charge on any atom is -0.482 e. The van der Waals surface area contributed by atoms with Gasteiger partial charge in [0.25, 0.3) is 0 Å². The SMILES string of the molecule is CC(O)c1cccc(-c2cnc(N)c(OC(C)c3c(Cl)ccc(F)c3Cl)c2)c1. The molecule has 0 aliphatic carbocycles. The number of aliphatic hydroxyl groups is 1. The van der Waals surface area contributed by atoms with Crippen LogP contribution in [0.15, 0.2) is 48.7 Å². The molecule has 0 aliphatic rings. The van der Waals surface area contributed by atoms with E-state index in [-0.39, 0.29) is 10.8 Å². The Morgan fingerprint density at radius 3 is 2.57 bits per heavy atom. The minimum atomic E-state index is -0.654. The lowest BCUT2D eigenvalue weighted by atomic mass is 10.0. The number of rotatable bonds is 5. The van der Waals surface area contributed by atoms with Crippen molar-refractivity contribution in [2.24, 2.45) is 0 Å². The van der Waals surface area contributed by atoms with Crippen molar-refractivity contribution in [3.8, 4) is 16.9 Å². The molecule has 0 saturated carbocycles. The number of pyridine rings is 1. The van der Waals surface area contributed by atoms with E-state index < -0.39 is 18.0 Å². The number of nitrogens with two attached hydrogens (primary N) is 1. The van der Waals surface area contributed by atoms with E-state index in [4.69, 9.17) is 33.7 Å². The zero-order valence-corrected chi connectivity index (χ0v) is 16.8. The van der Waals surface area contributed by atoms with Crippen molar-refractivity contribution in [1.82, 2.24) is 4.98 Å². The smallest absolute Gasteiger partial charge is 0.166 e. The maximum absolute atomic E-state index is 13.8. The van der Waals surface area contributed by atoms with Gasteiger partial charge in [-0.1, -0.05) is 41.4 Å². The Morgan fingerprint density at radius 1 is 1.11 bits per heavy atom. The first-order valence-corrected chi connectivity index (χ1v) is 9.37. The van der Waals surface area contributed by atoms with Crippen molar-refractivity contribution in [1.29, 1.82) is 0 Å². The zero-order valence-electron chi connectivity index (χ0n) is 15.3. The zero-order chi connectivity index (χ0) is 20.4. The van der Waals surface area contributed by atoms with Gasteiger partial charge < -0.3 is 15.6 Å². The lowest BCUT2D eigenvalue weighted by Gasteiger charge is -2.19. The molecule has 0 bridgehead atoms. The van der Waals surface area contributed by atoms with Crippen LogP contribution in [0.3, 0.4) is 0 Å². The Kier molecular flexibility index (Phi) is 6.08. The van der Waals surface area contributed by atoms with Gasteiger partial charge in [0.05, 0.1) is 11.1 Å². The summed E-state index contributed by atoms with van der Waals surface area (Å²) in [5.41, 5.74) is 8.69. The minimum absolute atomic E-state index is 0.0904. The first kappa shape index (κ1) is 20.4. The largest absolute Gasteiger partial charge is 0.482 e. The number of nitrogens with zero attached hydrogens (tertiary/aromatic N) is 1. The summed E-state index contributed by atoms with van der Waals surface area (Å²) in [6.45, 7) is 3.40. The number of nitrogen functional groups attached to an aromatic ring is 1. The number of benzene rings is 2. The third-order valence-electron chi connectivity index (χ3n) is 4.37. The van der Waals surface area contributed by atoms with Crippen LogP contribution in [0.1, 0.15) is 37.2 Å². The number of aromatic nitrogens is 1. The van der Waals surface area contributed by atoms with Crippen molar-refractivity contribution >= 4 is 29.0 Å². The summed E-state index contributed by atoms with van der Waals surface area (Å²) in [5, 5.41) is 10.0. The Morgan fingerprint density at radius 2 is 1.86 bits per heavy atom. The Labute approximate surface area is 172 Å². The molecule has 3 N–H and O–H groups in total. The maximum atomic E-state index is 13.8. The van der Waals surface area contributed by atoms with Crippen LogP contribution >= 0.6 is 23.2 Å². The van der Waals surface area contributed by atoms with E-state index in [1.165, 1.54) is 12.1 Å². The summed E-state index contributed by atoms with van der Waals surface area (Å²) < 4.78 is 19.7. The van der Waals surface area contributed by atoms with Crippen LogP contribution in [-0.4, -0.2) is 10.1 Å². The summed E-state index contributed by atoms with van der Waals surface area (Å²) in [5.74, 6) is -0.0684. The highest BCUT2D eigenvalue weighted by atomic mass is 35.5. The van der Waals surface area contributed by atoms with Crippen molar-refractivity contribution in [3.63, 3.8) is 0 Å². The molecule has 0 spiro atoms. The van der Waals surface area contributed by atoms with E-state index in [1.807, 2.05) is 24.3 Å². The van der Waals surface area contributed by atoms with E-state index in [1.54, 1.807) is 26.1 Å². The lowest BCUT2D eigenvalue weighted by molar-refractivity contribution is 0.199. The second kappa shape index (κ2) is 8.35. The molecule has 0 aliphatic heterocycles. The molecule has 28 heavy (non-hydrogen) atoms. The van der Waals surface area contributed by atoms with Gasteiger partial charge in [-0.15, -0.1) is 0 Å². The summed E-state index contributed by atoms with van der Waals surface area (Å²) in [4.78, 5) is 4.19. The predicted octanol–water partition coefficient (Wildman–Crippen LogP) is 5.97. The van der Waals surface area contributed by atoms with E-state index in [0.717, 1.165) is 16.7 Å². The normalized spacial score (nSPS) is 13.2. The molecular weight excluding hydrogens is 402 g/mol. The number of halogens is 3. The van der Waals surface area contributed by atoms with Gasteiger partial charge in [-0.05, 0) is 49.2 Å². The van der Waals surface area contributed by atoms with E-state index in [2.05, 4.69) is 4.98 Å². The van der Waals surface area contributed by atoms with E-state index >= 15 is 0 Å². The third-order valence-corrected chi connectivity index (χ3v) is 5.09. The average molecular weight is 421 g/mol. The van der Waals surface area contributed by atoms with Crippen molar-refractivity contribution in [3.05, 3.63) is 75.7 Å². The summed E-state index contributed by atoms with van der Waals surface area (Å²) in [6.07, 6.45) is 0.379. The van der Waals surface area contributed by atoms with Crippen LogP contribution in [-0.2, 0) is 0 Å². The van der Waals surface area contributed by atoms with Crippen LogP contribution in [0.4, 0.5) is 10.2 Å². The third kappa shape index (κ3) is 4.22. The standard InChI is InChI=1S/C21H19Cl2FN2O2/c1-11(27)13-4-3-5-14(8-13)15-9-18(21(25)26-10-15)28-12(2)19-16(22)6-7-17(24)20(19)23/h3-12,27H,1-2H3,(H2,25,26). The summed E-state index contributed by atoms with van der Waals surface area (Å²) >= 11 is 12.2. The van der Waals surface area contributed by atoms with Gasteiger partial charge in [0, 0.05) is 22.3 Å². The van der Waals surface area contributed by atoms with E-state index in [0.29, 0.717) is 16.3 Å². The fraction of sp³-hybridized carbons (Fsp3) is 0.190. The number of hydrogen-bond donors (Lipinski definition) is 2. The monoisotopic (exact) mass is 420 g/mol. The van der Waals surface area contributed by atoms with Crippen molar-refractivity contribution < 1.29 is 14.2 Å². The van der Waals surface area contributed by atoms with Crippen LogP contribution in [0.5, 0.6) is 5.75 Å². The molecule has 4 nitrogen and oxygen atoms in total. The van der Waals surface area contributed by atoms with Gasteiger partial charge in [-0.25, -0.2) is 9.37 Å². The Hall–Kier alpha value is -2.34. The number of hydrogen-bond acceptors (Lipinski definition) is 4. The molecule has 0 radical (unpaired) electrons. The number of anilines is 1. The predicted molar refractivity (Wildman–Crippen MR) is 110 cm³/mol. The van der Waals surface area contributed by atoms with Crippen LogP contribution in [0.25, 0.3) is 11.1 Å². The molecule has 1 heterocycles. The van der Waals surface area contributed by atoms with Crippen LogP contribution in [0.2, 0.25) is 10.0 Å². The van der Waals surface area contributed by atoms with Crippen LogP contribution in [0, 0.1) is 5.82 Å².